The number of aryl methyl sites for hydroxylation is 1. The molecule has 7 heteroatoms. The smallest absolute Gasteiger partial charge is 0.274 e. The molecule has 6 nitrogen and oxygen atoms in total. The number of rotatable bonds is 3. The number of amides is 1. The van der Waals surface area contributed by atoms with Crippen LogP contribution in [0, 0.1) is 12.7 Å². The summed E-state index contributed by atoms with van der Waals surface area (Å²) < 4.78 is 13.1. The van der Waals surface area contributed by atoms with Crippen molar-refractivity contribution in [2.24, 2.45) is 0 Å². The van der Waals surface area contributed by atoms with Crippen LogP contribution in [-0.2, 0) is 0 Å². The number of aromatic nitrogens is 4. The van der Waals surface area contributed by atoms with Gasteiger partial charge in [-0.1, -0.05) is 0 Å². The SMILES string of the molecule is Cc1[nH]c(-c2ccc(F)cc2)nc1C(=O)N1CCC(c2ccn[nH]2)C1. The summed E-state index contributed by atoms with van der Waals surface area (Å²) in [5.41, 5.74) is 2.94. The Hall–Kier alpha value is -2.96. The third-order valence-electron chi connectivity index (χ3n) is 4.64. The summed E-state index contributed by atoms with van der Waals surface area (Å²) >= 11 is 0. The average molecular weight is 339 g/mol. The lowest BCUT2D eigenvalue weighted by molar-refractivity contribution is 0.0784. The third-order valence-corrected chi connectivity index (χ3v) is 4.64. The molecule has 0 saturated carbocycles. The van der Waals surface area contributed by atoms with Gasteiger partial charge in [0.25, 0.3) is 5.91 Å². The van der Waals surface area contributed by atoms with Crippen molar-refractivity contribution < 1.29 is 9.18 Å². The first-order valence-electron chi connectivity index (χ1n) is 8.23. The normalized spacial score (nSPS) is 17.2. The Morgan fingerprint density at radius 2 is 2.08 bits per heavy atom. The van der Waals surface area contributed by atoms with Gasteiger partial charge in [0.05, 0.1) is 0 Å². The number of likely N-dealkylation sites (tertiary alicyclic amines) is 1. The Labute approximate surface area is 144 Å². The van der Waals surface area contributed by atoms with Crippen molar-refractivity contribution in [3.8, 4) is 11.4 Å². The number of nitrogens with one attached hydrogen (secondary N) is 2. The zero-order chi connectivity index (χ0) is 17.4. The van der Waals surface area contributed by atoms with Crippen molar-refractivity contribution in [1.29, 1.82) is 0 Å². The van der Waals surface area contributed by atoms with Crippen molar-refractivity contribution >= 4 is 5.91 Å². The molecule has 128 valence electrons. The molecule has 0 aliphatic carbocycles. The molecule has 4 rings (SSSR count). The van der Waals surface area contributed by atoms with Crippen molar-refractivity contribution in [2.75, 3.05) is 13.1 Å². The van der Waals surface area contributed by atoms with Gasteiger partial charge in [0.15, 0.2) is 0 Å². The van der Waals surface area contributed by atoms with Gasteiger partial charge in [0, 0.05) is 42.2 Å². The fourth-order valence-electron chi connectivity index (χ4n) is 3.26. The molecule has 0 bridgehead atoms. The van der Waals surface area contributed by atoms with Gasteiger partial charge in [0.2, 0.25) is 0 Å². The van der Waals surface area contributed by atoms with E-state index in [0.717, 1.165) is 17.7 Å². The van der Waals surface area contributed by atoms with Crippen LogP contribution in [0.25, 0.3) is 11.4 Å². The standard InChI is InChI=1S/C18H18FN5O/c1-11-16(22-17(21-11)12-2-4-14(19)5-3-12)18(25)24-9-7-13(10-24)15-6-8-20-23-15/h2-6,8,13H,7,9-10H2,1H3,(H,20,23)(H,21,22). The average Bonchev–Trinajstić information content (AvgIpc) is 3.35. The minimum absolute atomic E-state index is 0.0795. The highest BCUT2D eigenvalue weighted by molar-refractivity contribution is 5.94. The number of H-pyrrole nitrogens is 2. The molecule has 1 unspecified atom stereocenters. The first kappa shape index (κ1) is 15.6. The van der Waals surface area contributed by atoms with E-state index < -0.39 is 0 Å². The molecule has 0 radical (unpaired) electrons. The highest BCUT2D eigenvalue weighted by atomic mass is 19.1. The largest absolute Gasteiger partial charge is 0.341 e. The molecule has 0 spiro atoms. The van der Waals surface area contributed by atoms with E-state index in [1.54, 1.807) is 18.3 Å². The van der Waals surface area contributed by atoms with Crippen LogP contribution in [0.2, 0.25) is 0 Å². The van der Waals surface area contributed by atoms with E-state index in [1.165, 1.54) is 12.1 Å². The van der Waals surface area contributed by atoms with Gasteiger partial charge in [-0.05, 0) is 43.7 Å². The summed E-state index contributed by atoms with van der Waals surface area (Å²) in [4.78, 5) is 22.2. The van der Waals surface area contributed by atoms with Gasteiger partial charge < -0.3 is 9.88 Å². The number of halogens is 1. The third kappa shape index (κ3) is 2.93. The van der Waals surface area contributed by atoms with Crippen LogP contribution >= 0.6 is 0 Å². The molecule has 1 amide bonds. The van der Waals surface area contributed by atoms with Crippen LogP contribution < -0.4 is 0 Å². The molecule has 1 atom stereocenters. The van der Waals surface area contributed by atoms with Gasteiger partial charge >= 0.3 is 0 Å². The highest BCUT2D eigenvalue weighted by Crippen LogP contribution is 2.27. The predicted octanol–water partition coefficient (Wildman–Crippen LogP) is 2.88. The van der Waals surface area contributed by atoms with Crippen LogP contribution in [0.4, 0.5) is 4.39 Å². The minimum atomic E-state index is -0.301. The molecule has 2 N–H and O–H groups in total. The maximum atomic E-state index is 13.1. The van der Waals surface area contributed by atoms with Crippen LogP contribution in [0.15, 0.2) is 36.5 Å². The Bertz CT molecular complexity index is 885. The lowest BCUT2D eigenvalue weighted by Crippen LogP contribution is -2.29. The van der Waals surface area contributed by atoms with Gasteiger partial charge in [-0.15, -0.1) is 0 Å². The van der Waals surface area contributed by atoms with Gasteiger partial charge in [0.1, 0.15) is 17.3 Å². The molecule has 1 fully saturated rings. The molecule has 2 aromatic heterocycles. The van der Waals surface area contributed by atoms with Crippen LogP contribution in [0.3, 0.4) is 0 Å². The van der Waals surface area contributed by atoms with Crippen molar-refractivity contribution in [3.05, 3.63) is 59.4 Å². The molecule has 1 aliphatic rings. The molecule has 3 aromatic rings. The zero-order valence-electron chi connectivity index (χ0n) is 13.8. The number of carbonyl (C=O) groups is 1. The van der Waals surface area contributed by atoms with E-state index in [1.807, 2.05) is 17.9 Å². The predicted molar refractivity (Wildman–Crippen MR) is 90.6 cm³/mol. The van der Waals surface area contributed by atoms with E-state index in [4.69, 9.17) is 0 Å². The summed E-state index contributed by atoms with van der Waals surface area (Å²) in [5.74, 6) is 0.474. The summed E-state index contributed by atoms with van der Waals surface area (Å²) in [5, 5.41) is 6.96. The maximum Gasteiger partial charge on any atom is 0.274 e. The van der Waals surface area contributed by atoms with Crippen molar-refractivity contribution in [2.45, 2.75) is 19.3 Å². The number of benzene rings is 1. The quantitative estimate of drug-likeness (QED) is 0.770. The monoisotopic (exact) mass is 339 g/mol. The maximum absolute atomic E-state index is 13.1. The van der Waals surface area contributed by atoms with Gasteiger partial charge in [-0.25, -0.2) is 9.37 Å². The van der Waals surface area contributed by atoms with E-state index >= 15 is 0 Å². The number of hydrogen-bond donors (Lipinski definition) is 2. The Morgan fingerprint density at radius 3 is 2.80 bits per heavy atom. The molecule has 1 aromatic carbocycles. The van der Waals surface area contributed by atoms with E-state index in [0.29, 0.717) is 30.3 Å². The molecule has 1 aliphatic heterocycles. The Balaban J connectivity index is 1.54. The van der Waals surface area contributed by atoms with Gasteiger partial charge in [-0.2, -0.15) is 5.10 Å². The summed E-state index contributed by atoms with van der Waals surface area (Å²) in [6.07, 6.45) is 2.63. The molecular weight excluding hydrogens is 321 g/mol. The Kier molecular flexibility index (Phi) is 3.83. The second-order valence-electron chi connectivity index (χ2n) is 6.31. The first-order valence-corrected chi connectivity index (χ1v) is 8.23. The fraction of sp³-hybridized carbons (Fsp3) is 0.278. The zero-order valence-corrected chi connectivity index (χ0v) is 13.8. The summed E-state index contributed by atoms with van der Waals surface area (Å²) in [6, 6.07) is 8.00. The highest BCUT2D eigenvalue weighted by Gasteiger charge is 2.30. The van der Waals surface area contributed by atoms with Crippen LogP contribution in [0.1, 0.15) is 34.2 Å². The first-order chi connectivity index (χ1) is 12.1. The van der Waals surface area contributed by atoms with E-state index in [-0.39, 0.29) is 17.6 Å². The second kappa shape index (κ2) is 6.16. The number of imidazole rings is 1. The second-order valence-corrected chi connectivity index (χ2v) is 6.31. The topological polar surface area (TPSA) is 77.7 Å². The number of nitrogens with zero attached hydrogens (tertiary/aromatic N) is 3. The summed E-state index contributed by atoms with van der Waals surface area (Å²) in [6.45, 7) is 3.18. The van der Waals surface area contributed by atoms with Gasteiger partial charge in [-0.3, -0.25) is 9.89 Å². The number of aromatic amines is 2. The summed E-state index contributed by atoms with van der Waals surface area (Å²) in [7, 11) is 0. The van der Waals surface area contributed by atoms with Crippen molar-refractivity contribution in [1.82, 2.24) is 25.1 Å². The molecule has 3 heterocycles. The molecule has 1 saturated heterocycles. The fourth-order valence-corrected chi connectivity index (χ4v) is 3.26. The lowest BCUT2D eigenvalue weighted by Gasteiger charge is -2.15. The molecular formula is C18H18FN5O. The lowest BCUT2D eigenvalue weighted by atomic mass is 10.1. The number of carbonyl (C=O) groups excluding carboxylic acids is 1. The Morgan fingerprint density at radius 1 is 1.28 bits per heavy atom. The molecule has 25 heavy (non-hydrogen) atoms. The van der Waals surface area contributed by atoms with E-state index in [9.17, 15) is 9.18 Å². The minimum Gasteiger partial charge on any atom is -0.341 e. The van der Waals surface area contributed by atoms with Crippen LogP contribution in [0.5, 0.6) is 0 Å². The number of hydrogen-bond acceptors (Lipinski definition) is 3. The van der Waals surface area contributed by atoms with Crippen LogP contribution in [-0.4, -0.2) is 44.1 Å². The van der Waals surface area contributed by atoms with Crippen molar-refractivity contribution in [3.63, 3.8) is 0 Å². The van der Waals surface area contributed by atoms with E-state index in [2.05, 4.69) is 20.2 Å².